The van der Waals surface area contributed by atoms with Gasteiger partial charge in [0.15, 0.2) is 0 Å². The Morgan fingerprint density at radius 3 is 2.82 bits per heavy atom. The lowest BCUT2D eigenvalue weighted by molar-refractivity contribution is -0.119. The Bertz CT molecular complexity index is 396. The predicted molar refractivity (Wildman–Crippen MR) is 62.4 cm³/mol. The van der Waals surface area contributed by atoms with Crippen LogP contribution >= 0.6 is 0 Å². The number of amides is 1. The van der Waals surface area contributed by atoms with Gasteiger partial charge in [-0.05, 0) is 31.5 Å². The summed E-state index contributed by atoms with van der Waals surface area (Å²) in [5, 5.41) is 2.36. The van der Waals surface area contributed by atoms with Crippen molar-refractivity contribution in [3.8, 4) is 0 Å². The van der Waals surface area contributed by atoms with Crippen LogP contribution in [-0.4, -0.2) is 12.5 Å². The molecule has 94 valence electrons. The second-order valence-corrected chi connectivity index (χ2v) is 3.95. The second kappa shape index (κ2) is 6.30. The molecule has 1 atom stereocenters. The zero-order valence-corrected chi connectivity index (χ0v) is 9.67. The molecule has 3 N–H and O–H groups in total. The maximum atomic E-state index is 13.2. The number of halogens is 2. The Labute approximate surface area is 99.0 Å². The van der Waals surface area contributed by atoms with Crippen molar-refractivity contribution in [1.82, 2.24) is 0 Å². The summed E-state index contributed by atoms with van der Waals surface area (Å²) in [4.78, 5) is 11.6. The van der Waals surface area contributed by atoms with Gasteiger partial charge in [0.1, 0.15) is 11.6 Å². The topological polar surface area (TPSA) is 55.1 Å². The third-order valence-corrected chi connectivity index (χ3v) is 2.48. The van der Waals surface area contributed by atoms with E-state index < -0.39 is 11.6 Å². The molecule has 1 amide bonds. The van der Waals surface area contributed by atoms with E-state index in [1.807, 2.05) is 0 Å². The fourth-order valence-corrected chi connectivity index (χ4v) is 1.40. The number of nitrogens with one attached hydrogen (secondary N) is 1. The number of hydrogen-bond donors (Lipinski definition) is 2. The summed E-state index contributed by atoms with van der Waals surface area (Å²) < 4.78 is 26.1. The van der Waals surface area contributed by atoms with Gasteiger partial charge in [0.05, 0.1) is 5.69 Å². The fraction of sp³-hybridized carbons (Fsp3) is 0.417. The lowest BCUT2D eigenvalue weighted by Crippen LogP contribution is -2.21. The van der Waals surface area contributed by atoms with Gasteiger partial charge in [-0.15, -0.1) is 0 Å². The average molecular weight is 242 g/mol. The Morgan fingerprint density at radius 2 is 2.18 bits per heavy atom. The van der Waals surface area contributed by atoms with Crippen molar-refractivity contribution in [3.05, 3.63) is 29.8 Å². The third-order valence-electron chi connectivity index (χ3n) is 2.48. The average Bonchev–Trinajstić information content (AvgIpc) is 2.30. The Kier molecular flexibility index (Phi) is 5.03. The van der Waals surface area contributed by atoms with Gasteiger partial charge in [0.25, 0.3) is 0 Å². The van der Waals surface area contributed by atoms with Crippen LogP contribution in [0.4, 0.5) is 14.5 Å². The second-order valence-electron chi connectivity index (χ2n) is 3.95. The van der Waals surface area contributed by atoms with Gasteiger partial charge >= 0.3 is 0 Å². The lowest BCUT2D eigenvalue weighted by Gasteiger charge is -2.12. The molecular weight excluding hydrogens is 226 g/mol. The summed E-state index contributed by atoms with van der Waals surface area (Å²) >= 11 is 0. The van der Waals surface area contributed by atoms with E-state index in [2.05, 4.69) is 5.32 Å². The summed E-state index contributed by atoms with van der Waals surface area (Å²) in [6.45, 7) is 2.23. The molecule has 1 aromatic rings. The molecular formula is C12H16F2N2O. The minimum absolute atomic E-state index is 0.130. The molecule has 3 nitrogen and oxygen atoms in total. The van der Waals surface area contributed by atoms with Crippen LogP contribution in [0.3, 0.4) is 0 Å². The van der Waals surface area contributed by atoms with Crippen LogP contribution < -0.4 is 11.1 Å². The van der Waals surface area contributed by atoms with Crippen LogP contribution in [0.1, 0.15) is 19.8 Å². The normalized spacial score (nSPS) is 12.2. The van der Waals surface area contributed by atoms with E-state index in [0.29, 0.717) is 13.0 Å². The van der Waals surface area contributed by atoms with Gasteiger partial charge in [-0.2, -0.15) is 0 Å². The van der Waals surface area contributed by atoms with Crippen LogP contribution in [0.25, 0.3) is 0 Å². The van der Waals surface area contributed by atoms with E-state index in [0.717, 1.165) is 24.6 Å². The van der Waals surface area contributed by atoms with E-state index in [1.165, 1.54) is 0 Å². The molecule has 0 aliphatic carbocycles. The third kappa shape index (κ3) is 4.11. The van der Waals surface area contributed by atoms with Gasteiger partial charge in [0.2, 0.25) is 5.91 Å². The molecule has 0 aromatic heterocycles. The number of carbonyl (C=O) groups excluding carboxylic acids is 1. The number of carbonyl (C=O) groups is 1. The van der Waals surface area contributed by atoms with Crippen molar-refractivity contribution in [2.24, 2.45) is 11.7 Å². The molecule has 17 heavy (non-hydrogen) atoms. The van der Waals surface area contributed by atoms with Crippen molar-refractivity contribution >= 4 is 11.6 Å². The van der Waals surface area contributed by atoms with Crippen LogP contribution in [0.5, 0.6) is 0 Å². The molecule has 1 unspecified atom stereocenters. The molecule has 0 fully saturated rings. The molecule has 5 heteroatoms. The molecule has 1 aromatic carbocycles. The van der Waals surface area contributed by atoms with Gasteiger partial charge < -0.3 is 11.1 Å². The van der Waals surface area contributed by atoms with E-state index in [1.54, 1.807) is 6.92 Å². The molecule has 0 aliphatic rings. The van der Waals surface area contributed by atoms with Crippen molar-refractivity contribution in [3.63, 3.8) is 0 Å². The minimum atomic E-state index is -0.647. The molecule has 0 aliphatic heterocycles. The molecule has 0 radical (unpaired) electrons. The van der Waals surface area contributed by atoms with Gasteiger partial charge in [-0.1, -0.05) is 6.92 Å². The van der Waals surface area contributed by atoms with Crippen LogP contribution in [0, 0.1) is 17.6 Å². The van der Waals surface area contributed by atoms with E-state index in [9.17, 15) is 13.6 Å². The fourth-order valence-electron chi connectivity index (χ4n) is 1.40. The molecule has 1 rings (SSSR count). The summed E-state index contributed by atoms with van der Waals surface area (Å²) in [5.74, 6) is -1.84. The molecule has 0 saturated carbocycles. The van der Waals surface area contributed by atoms with Crippen molar-refractivity contribution < 1.29 is 13.6 Å². The Morgan fingerprint density at radius 1 is 1.47 bits per heavy atom. The van der Waals surface area contributed by atoms with Crippen LogP contribution in [0.2, 0.25) is 0 Å². The predicted octanol–water partition coefficient (Wildman–Crippen LogP) is 2.28. The first kappa shape index (κ1) is 13.6. The molecule has 0 heterocycles. The summed E-state index contributed by atoms with van der Waals surface area (Å²) in [6.07, 6.45) is 1.35. The first-order valence-corrected chi connectivity index (χ1v) is 5.50. The number of anilines is 1. The minimum Gasteiger partial charge on any atom is -0.330 e. The van der Waals surface area contributed by atoms with Gasteiger partial charge in [0, 0.05) is 12.0 Å². The highest BCUT2D eigenvalue weighted by Gasteiger charge is 2.14. The molecule has 0 saturated heterocycles. The summed E-state index contributed by atoms with van der Waals surface area (Å²) in [7, 11) is 0. The molecule has 0 bridgehead atoms. The zero-order valence-electron chi connectivity index (χ0n) is 9.67. The number of hydrogen-bond acceptors (Lipinski definition) is 2. The Balaban J connectivity index is 2.64. The zero-order chi connectivity index (χ0) is 12.8. The van der Waals surface area contributed by atoms with E-state index in [-0.39, 0.29) is 17.5 Å². The Hall–Kier alpha value is -1.49. The summed E-state index contributed by atoms with van der Waals surface area (Å²) in [6, 6.07) is 2.95. The first-order chi connectivity index (χ1) is 8.04. The van der Waals surface area contributed by atoms with Crippen LogP contribution in [0.15, 0.2) is 18.2 Å². The number of benzene rings is 1. The van der Waals surface area contributed by atoms with Crippen molar-refractivity contribution in [2.45, 2.75) is 19.8 Å². The van der Waals surface area contributed by atoms with E-state index in [4.69, 9.17) is 5.73 Å². The standard InChI is InChI=1S/C12H16F2N2O/c1-8(3-2-6-15)12(17)16-11-7-9(13)4-5-10(11)14/h4-5,7-8H,2-3,6,15H2,1H3,(H,16,17). The molecule has 0 spiro atoms. The van der Waals surface area contributed by atoms with Crippen LogP contribution in [-0.2, 0) is 4.79 Å². The lowest BCUT2D eigenvalue weighted by atomic mass is 10.0. The highest BCUT2D eigenvalue weighted by Crippen LogP contribution is 2.17. The maximum Gasteiger partial charge on any atom is 0.227 e. The quantitative estimate of drug-likeness (QED) is 0.832. The van der Waals surface area contributed by atoms with Gasteiger partial charge in [-0.3, -0.25) is 4.79 Å². The number of rotatable bonds is 5. The first-order valence-electron chi connectivity index (χ1n) is 5.50. The van der Waals surface area contributed by atoms with Gasteiger partial charge in [-0.25, -0.2) is 8.78 Å². The summed E-state index contributed by atoms with van der Waals surface area (Å²) in [5.41, 5.74) is 5.20. The highest BCUT2D eigenvalue weighted by molar-refractivity contribution is 5.92. The highest BCUT2D eigenvalue weighted by atomic mass is 19.1. The SMILES string of the molecule is CC(CCCN)C(=O)Nc1cc(F)ccc1F. The van der Waals surface area contributed by atoms with Crippen molar-refractivity contribution in [2.75, 3.05) is 11.9 Å². The van der Waals surface area contributed by atoms with Crippen molar-refractivity contribution in [1.29, 1.82) is 0 Å². The monoisotopic (exact) mass is 242 g/mol. The maximum absolute atomic E-state index is 13.2. The largest absolute Gasteiger partial charge is 0.330 e. The number of nitrogens with two attached hydrogens (primary N) is 1. The smallest absolute Gasteiger partial charge is 0.227 e. The van der Waals surface area contributed by atoms with E-state index >= 15 is 0 Å².